The summed E-state index contributed by atoms with van der Waals surface area (Å²) in [5.41, 5.74) is 6.06. The van der Waals surface area contributed by atoms with E-state index in [1.807, 2.05) is 37.4 Å². The van der Waals surface area contributed by atoms with Crippen molar-refractivity contribution in [3.8, 4) is 11.8 Å². The first-order valence-corrected chi connectivity index (χ1v) is 7.13. The number of nitrogens with two attached hydrogens (primary N) is 1. The monoisotopic (exact) mass is 288 g/mol. The van der Waals surface area contributed by atoms with E-state index in [4.69, 9.17) is 10.2 Å². The van der Waals surface area contributed by atoms with Crippen LogP contribution < -0.4 is 11.1 Å². The minimum absolute atomic E-state index is 0.150. The van der Waals surface area contributed by atoms with Gasteiger partial charge < -0.3 is 15.5 Å². The summed E-state index contributed by atoms with van der Waals surface area (Å²) in [4.78, 5) is 12.8. The third-order valence-electron chi connectivity index (χ3n) is 2.73. The summed E-state index contributed by atoms with van der Waals surface area (Å²) in [5.74, 6) is 7.08. The molecule has 5 heteroatoms. The van der Waals surface area contributed by atoms with Gasteiger partial charge in [0.25, 0.3) is 5.91 Å². The highest BCUT2D eigenvalue weighted by Crippen LogP contribution is 2.19. The van der Waals surface area contributed by atoms with Crippen LogP contribution in [0.15, 0.2) is 28.0 Å². The number of nitrogens with one attached hydrogen (secondary N) is 1. The fourth-order valence-corrected chi connectivity index (χ4v) is 2.50. The molecule has 0 aliphatic carbocycles. The van der Waals surface area contributed by atoms with Crippen molar-refractivity contribution in [3.05, 3.63) is 45.5 Å². The van der Waals surface area contributed by atoms with Crippen LogP contribution in [0.1, 0.15) is 39.7 Å². The van der Waals surface area contributed by atoms with Crippen LogP contribution in [0.2, 0.25) is 0 Å². The average Bonchev–Trinajstić information content (AvgIpc) is 3.04. The molecule has 0 radical (unpaired) electrons. The number of carbonyl (C=O) groups is 1. The molecule has 0 saturated heterocycles. The number of aryl methyl sites for hydroxylation is 1. The lowest BCUT2D eigenvalue weighted by atomic mass is 10.2. The topological polar surface area (TPSA) is 68.3 Å². The quantitative estimate of drug-likeness (QED) is 0.852. The summed E-state index contributed by atoms with van der Waals surface area (Å²) in [6, 6.07) is 5.38. The van der Waals surface area contributed by atoms with E-state index in [-0.39, 0.29) is 18.5 Å². The van der Waals surface area contributed by atoms with Gasteiger partial charge in [0.05, 0.1) is 12.6 Å². The van der Waals surface area contributed by atoms with E-state index >= 15 is 0 Å². The number of furan rings is 1. The minimum atomic E-state index is -0.186. The van der Waals surface area contributed by atoms with Crippen molar-refractivity contribution >= 4 is 17.2 Å². The van der Waals surface area contributed by atoms with Gasteiger partial charge in [-0.1, -0.05) is 11.8 Å². The lowest BCUT2D eigenvalue weighted by Gasteiger charge is -2.10. The van der Waals surface area contributed by atoms with Crippen molar-refractivity contribution in [1.82, 2.24) is 5.32 Å². The number of hydrogen-bond acceptors (Lipinski definition) is 4. The Morgan fingerprint density at radius 2 is 2.30 bits per heavy atom. The Bertz CT molecular complexity index is 661. The van der Waals surface area contributed by atoms with Crippen molar-refractivity contribution < 1.29 is 9.21 Å². The smallest absolute Gasteiger partial charge is 0.263 e. The minimum Gasteiger partial charge on any atom is -0.464 e. The molecular weight excluding hydrogens is 272 g/mol. The van der Waals surface area contributed by atoms with Crippen molar-refractivity contribution in [2.24, 2.45) is 5.73 Å². The molecule has 1 atom stereocenters. The molecular formula is C15H16N2O2S. The Balaban J connectivity index is 2.10. The van der Waals surface area contributed by atoms with E-state index in [0.717, 1.165) is 11.5 Å². The highest BCUT2D eigenvalue weighted by atomic mass is 32.1. The van der Waals surface area contributed by atoms with Crippen LogP contribution in [0.25, 0.3) is 0 Å². The van der Waals surface area contributed by atoms with E-state index in [2.05, 4.69) is 17.2 Å². The largest absolute Gasteiger partial charge is 0.464 e. The molecule has 3 N–H and O–H groups in total. The summed E-state index contributed by atoms with van der Waals surface area (Å²) in [6.45, 7) is 4.03. The van der Waals surface area contributed by atoms with Gasteiger partial charge in [-0.15, -0.1) is 11.3 Å². The lowest BCUT2D eigenvalue weighted by Crippen LogP contribution is -2.26. The molecule has 104 valence electrons. The van der Waals surface area contributed by atoms with Gasteiger partial charge in [0, 0.05) is 5.56 Å². The van der Waals surface area contributed by atoms with E-state index in [1.165, 1.54) is 11.3 Å². The van der Waals surface area contributed by atoms with Crippen LogP contribution in [-0.4, -0.2) is 12.5 Å². The fraction of sp³-hybridized carbons (Fsp3) is 0.267. The van der Waals surface area contributed by atoms with Crippen molar-refractivity contribution in [2.45, 2.75) is 19.9 Å². The van der Waals surface area contributed by atoms with E-state index in [9.17, 15) is 4.79 Å². The zero-order valence-corrected chi connectivity index (χ0v) is 12.2. The van der Waals surface area contributed by atoms with Gasteiger partial charge in [0.15, 0.2) is 0 Å². The molecule has 2 aromatic rings. The molecule has 0 aromatic carbocycles. The Kier molecular flexibility index (Phi) is 4.61. The summed E-state index contributed by atoms with van der Waals surface area (Å²) in [7, 11) is 0. The van der Waals surface area contributed by atoms with Gasteiger partial charge in [0.1, 0.15) is 16.4 Å². The van der Waals surface area contributed by atoms with Crippen LogP contribution in [0, 0.1) is 18.8 Å². The molecule has 0 fully saturated rings. The van der Waals surface area contributed by atoms with Crippen molar-refractivity contribution in [2.75, 3.05) is 6.54 Å². The molecule has 1 amide bonds. The molecule has 0 saturated carbocycles. The molecule has 2 aromatic heterocycles. The van der Waals surface area contributed by atoms with Crippen molar-refractivity contribution in [3.63, 3.8) is 0 Å². The Labute approximate surface area is 122 Å². The van der Waals surface area contributed by atoms with Crippen LogP contribution in [0.4, 0.5) is 0 Å². The molecule has 0 aliphatic rings. The zero-order chi connectivity index (χ0) is 14.5. The van der Waals surface area contributed by atoms with Gasteiger partial charge in [0.2, 0.25) is 0 Å². The SMILES string of the molecule is Cc1ccc(C(C)NC(=O)c2sccc2C#CCN)o1. The van der Waals surface area contributed by atoms with Gasteiger partial charge in [-0.25, -0.2) is 0 Å². The highest BCUT2D eigenvalue weighted by molar-refractivity contribution is 7.12. The maximum atomic E-state index is 12.2. The van der Waals surface area contributed by atoms with Crippen LogP contribution in [0.5, 0.6) is 0 Å². The molecule has 0 bridgehead atoms. The first-order chi connectivity index (χ1) is 9.61. The number of thiophene rings is 1. The summed E-state index contributed by atoms with van der Waals surface area (Å²) >= 11 is 1.36. The number of rotatable bonds is 3. The Hall–Kier alpha value is -2.03. The third-order valence-corrected chi connectivity index (χ3v) is 3.65. The lowest BCUT2D eigenvalue weighted by molar-refractivity contribution is 0.0939. The van der Waals surface area contributed by atoms with Crippen LogP contribution in [-0.2, 0) is 0 Å². The first kappa shape index (κ1) is 14.4. The van der Waals surface area contributed by atoms with E-state index in [1.54, 1.807) is 0 Å². The normalized spacial score (nSPS) is 11.6. The molecule has 1 unspecified atom stereocenters. The average molecular weight is 288 g/mol. The Morgan fingerprint density at radius 1 is 1.50 bits per heavy atom. The highest BCUT2D eigenvalue weighted by Gasteiger charge is 2.17. The molecule has 20 heavy (non-hydrogen) atoms. The number of carbonyl (C=O) groups excluding carboxylic acids is 1. The molecule has 0 aliphatic heterocycles. The Morgan fingerprint density at radius 3 is 2.95 bits per heavy atom. The van der Waals surface area contributed by atoms with Crippen LogP contribution >= 0.6 is 11.3 Å². The summed E-state index contributed by atoms with van der Waals surface area (Å²) in [6.07, 6.45) is 0. The molecule has 2 rings (SSSR count). The maximum absolute atomic E-state index is 12.2. The third kappa shape index (κ3) is 3.29. The van der Waals surface area contributed by atoms with E-state index < -0.39 is 0 Å². The first-order valence-electron chi connectivity index (χ1n) is 6.25. The predicted octanol–water partition coefficient (Wildman–Crippen LogP) is 2.45. The van der Waals surface area contributed by atoms with E-state index in [0.29, 0.717) is 10.4 Å². The van der Waals surface area contributed by atoms with Gasteiger partial charge in [-0.3, -0.25) is 4.79 Å². The van der Waals surface area contributed by atoms with Crippen molar-refractivity contribution in [1.29, 1.82) is 0 Å². The second-order valence-corrected chi connectivity index (χ2v) is 5.23. The second kappa shape index (κ2) is 6.42. The second-order valence-electron chi connectivity index (χ2n) is 4.31. The number of hydrogen-bond donors (Lipinski definition) is 2. The molecule has 2 heterocycles. The summed E-state index contributed by atoms with van der Waals surface area (Å²) in [5, 5.41) is 4.75. The van der Waals surface area contributed by atoms with Gasteiger partial charge in [-0.05, 0) is 37.4 Å². The fourth-order valence-electron chi connectivity index (χ4n) is 1.75. The number of amides is 1. The maximum Gasteiger partial charge on any atom is 0.263 e. The zero-order valence-electron chi connectivity index (χ0n) is 11.4. The predicted molar refractivity (Wildman–Crippen MR) is 79.6 cm³/mol. The standard InChI is InChI=1S/C15H16N2O2S/c1-10-5-6-13(19-10)11(2)17-15(18)14-12(4-3-8-16)7-9-20-14/h5-7,9,11H,8,16H2,1-2H3,(H,17,18). The molecule has 0 spiro atoms. The van der Waals surface area contributed by atoms with Crippen LogP contribution in [0.3, 0.4) is 0 Å². The van der Waals surface area contributed by atoms with Gasteiger partial charge >= 0.3 is 0 Å². The van der Waals surface area contributed by atoms with Gasteiger partial charge in [-0.2, -0.15) is 0 Å². The summed E-state index contributed by atoms with van der Waals surface area (Å²) < 4.78 is 5.50. The molecule has 4 nitrogen and oxygen atoms in total.